The summed E-state index contributed by atoms with van der Waals surface area (Å²) in [5, 5.41) is 12.2. The Hall–Kier alpha value is -2.17. The molecule has 2 N–H and O–H groups in total. The van der Waals surface area contributed by atoms with Crippen LogP contribution < -0.4 is 5.32 Å². The van der Waals surface area contributed by atoms with Crippen molar-refractivity contribution in [3.8, 4) is 0 Å². The Balaban J connectivity index is 1.73. The fraction of sp³-hybridized carbons (Fsp3) is 0.278. The van der Waals surface area contributed by atoms with E-state index >= 15 is 0 Å². The van der Waals surface area contributed by atoms with Crippen molar-refractivity contribution in [2.24, 2.45) is 0 Å². The molecule has 0 radical (unpaired) electrons. The minimum atomic E-state index is -0.490. The summed E-state index contributed by atoms with van der Waals surface area (Å²) in [6, 6.07) is 19.4. The average Bonchev–Trinajstić information content (AvgIpc) is 2.58. The number of hydrogen-bond donors (Lipinski definition) is 2. The number of amides is 1. The summed E-state index contributed by atoms with van der Waals surface area (Å²) in [7, 11) is 0. The van der Waals surface area contributed by atoms with Crippen molar-refractivity contribution in [1.29, 1.82) is 0 Å². The zero-order valence-electron chi connectivity index (χ0n) is 12.4. The lowest BCUT2D eigenvalue weighted by atomic mass is 10.2. The first-order chi connectivity index (χ1) is 10.8. The van der Waals surface area contributed by atoms with E-state index in [1.165, 1.54) is 0 Å². The molecule has 1 atom stereocenters. The topological polar surface area (TPSA) is 58.6 Å². The molecule has 0 unspecified atom stereocenters. The number of rotatable bonds is 8. The van der Waals surface area contributed by atoms with Gasteiger partial charge in [0.15, 0.2) is 0 Å². The number of carbonyl (C=O) groups is 1. The molecule has 0 aliphatic heterocycles. The van der Waals surface area contributed by atoms with Crippen molar-refractivity contribution in [2.75, 3.05) is 6.61 Å². The van der Waals surface area contributed by atoms with Crippen molar-refractivity contribution in [2.45, 2.75) is 25.7 Å². The maximum absolute atomic E-state index is 11.9. The van der Waals surface area contributed by atoms with E-state index in [1.54, 1.807) is 0 Å². The number of carbonyl (C=O) groups excluding carboxylic acids is 1. The van der Waals surface area contributed by atoms with Gasteiger partial charge in [0.05, 0.1) is 25.7 Å². The fourth-order valence-corrected chi connectivity index (χ4v) is 2.04. The van der Waals surface area contributed by atoms with Crippen LogP contribution >= 0.6 is 0 Å². The highest BCUT2D eigenvalue weighted by Crippen LogP contribution is 2.06. The van der Waals surface area contributed by atoms with Gasteiger partial charge in [0.25, 0.3) is 0 Å². The normalized spacial score (nSPS) is 11.9. The van der Waals surface area contributed by atoms with Crippen LogP contribution in [0.5, 0.6) is 0 Å². The third-order valence-electron chi connectivity index (χ3n) is 3.28. The van der Waals surface area contributed by atoms with Gasteiger partial charge in [-0.25, -0.2) is 0 Å². The van der Waals surface area contributed by atoms with Gasteiger partial charge in [0.1, 0.15) is 0 Å². The van der Waals surface area contributed by atoms with Crippen LogP contribution in [-0.2, 0) is 22.7 Å². The lowest BCUT2D eigenvalue weighted by Crippen LogP contribution is -2.30. The number of ether oxygens (including phenoxy) is 1. The summed E-state index contributed by atoms with van der Waals surface area (Å²) in [4.78, 5) is 11.9. The molecule has 0 bridgehead atoms. The Kier molecular flexibility index (Phi) is 6.61. The van der Waals surface area contributed by atoms with Crippen molar-refractivity contribution in [1.82, 2.24) is 5.32 Å². The van der Waals surface area contributed by atoms with E-state index in [1.807, 2.05) is 60.7 Å². The Morgan fingerprint density at radius 2 is 1.59 bits per heavy atom. The van der Waals surface area contributed by atoms with Crippen LogP contribution in [0.3, 0.4) is 0 Å². The minimum Gasteiger partial charge on any atom is -0.394 e. The van der Waals surface area contributed by atoms with Gasteiger partial charge in [-0.05, 0) is 11.1 Å². The summed E-state index contributed by atoms with van der Waals surface area (Å²) >= 11 is 0. The minimum absolute atomic E-state index is 0.129. The second kappa shape index (κ2) is 8.97. The number of aliphatic hydroxyl groups is 1. The van der Waals surface area contributed by atoms with Gasteiger partial charge < -0.3 is 15.2 Å². The van der Waals surface area contributed by atoms with Crippen molar-refractivity contribution < 1.29 is 14.6 Å². The summed E-state index contributed by atoms with van der Waals surface area (Å²) < 4.78 is 5.59. The largest absolute Gasteiger partial charge is 0.394 e. The molecule has 1 amide bonds. The third kappa shape index (κ3) is 5.68. The molecule has 0 aliphatic carbocycles. The highest BCUT2D eigenvalue weighted by atomic mass is 16.5. The van der Waals surface area contributed by atoms with Crippen molar-refractivity contribution in [3.05, 3.63) is 71.8 Å². The molecule has 0 fully saturated rings. The van der Waals surface area contributed by atoms with Gasteiger partial charge in [-0.2, -0.15) is 0 Å². The molecule has 4 nitrogen and oxygen atoms in total. The molecule has 0 spiro atoms. The molecule has 0 saturated heterocycles. The van der Waals surface area contributed by atoms with E-state index in [4.69, 9.17) is 4.74 Å². The van der Waals surface area contributed by atoms with Crippen molar-refractivity contribution >= 4 is 5.91 Å². The molecule has 0 aromatic heterocycles. The first kappa shape index (κ1) is 16.2. The number of aliphatic hydroxyl groups excluding tert-OH is 1. The molecule has 0 aliphatic rings. The lowest BCUT2D eigenvalue weighted by molar-refractivity contribution is -0.125. The predicted molar refractivity (Wildman–Crippen MR) is 85.0 cm³/mol. The Morgan fingerprint density at radius 1 is 1.00 bits per heavy atom. The summed E-state index contributed by atoms with van der Waals surface area (Å²) in [6.07, 6.45) is -0.341. The van der Waals surface area contributed by atoms with E-state index in [2.05, 4.69) is 5.32 Å². The second-order valence-electron chi connectivity index (χ2n) is 5.07. The zero-order valence-corrected chi connectivity index (χ0v) is 12.4. The van der Waals surface area contributed by atoms with Crippen LogP contribution in [0.25, 0.3) is 0 Å². The van der Waals surface area contributed by atoms with Crippen LogP contribution in [0.2, 0.25) is 0 Å². The highest BCUT2D eigenvalue weighted by Gasteiger charge is 2.13. The van der Waals surface area contributed by atoms with Crippen LogP contribution in [0.1, 0.15) is 17.5 Å². The SMILES string of the molecule is O=C(C[C@@H](CO)OCc1ccccc1)NCc1ccccc1. The molecule has 4 heteroatoms. The zero-order chi connectivity index (χ0) is 15.6. The molecule has 0 saturated carbocycles. The Morgan fingerprint density at radius 3 is 2.18 bits per heavy atom. The highest BCUT2D eigenvalue weighted by molar-refractivity contribution is 5.76. The number of benzene rings is 2. The van der Waals surface area contributed by atoms with Crippen LogP contribution in [0.4, 0.5) is 0 Å². The van der Waals surface area contributed by atoms with Gasteiger partial charge in [0, 0.05) is 6.54 Å². The smallest absolute Gasteiger partial charge is 0.222 e. The van der Waals surface area contributed by atoms with Crippen LogP contribution in [0.15, 0.2) is 60.7 Å². The van der Waals surface area contributed by atoms with Gasteiger partial charge in [-0.3, -0.25) is 4.79 Å². The second-order valence-corrected chi connectivity index (χ2v) is 5.07. The summed E-state index contributed by atoms with van der Waals surface area (Å²) in [5.41, 5.74) is 2.06. The molecular formula is C18H21NO3. The first-order valence-electron chi connectivity index (χ1n) is 7.35. The molecule has 116 valence electrons. The van der Waals surface area contributed by atoms with E-state index < -0.39 is 6.10 Å². The summed E-state index contributed by atoms with van der Waals surface area (Å²) in [5.74, 6) is -0.129. The van der Waals surface area contributed by atoms with E-state index in [0.717, 1.165) is 11.1 Å². The standard InChI is InChI=1S/C18H21NO3/c20-13-17(22-14-16-9-5-2-6-10-16)11-18(21)19-12-15-7-3-1-4-8-15/h1-10,17,20H,11-14H2,(H,19,21)/t17-/m0/s1. The van der Waals surface area contributed by atoms with E-state index in [9.17, 15) is 9.90 Å². The van der Waals surface area contributed by atoms with Crippen LogP contribution in [-0.4, -0.2) is 23.7 Å². The van der Waals surface area contributed by atoms with Crippen molar-refractivity contribution in [3.63, 3.8) is 0 Å². The van der Waals surface area contributed by atoms with E-state index in [0.29, 0.717) is 13.2 Å². The van der Waals surface area contributed by atoms with Gasteiger partial charge in [-0.1, -0.05) is 60.7 Å². The summed E-state index contributed by atoms with van der Waals surface area (Å²) in [6.45, 7) is 0.695. The van der Waals surface area contributed by atoms with Gasteiger partial charge in [-0.15, -0.1) is 0 Å². The number of hydrogen-bond acceptors (Lipinski definition) is 3. The molecule has 2 aromatic rings. The quantitative estimate of drug-likeness (QED) is 0.786. The van der Waals surface area contributed by atoms with Gasteiger partial charge >= 0.3 is 0 Å². The maximum Gasteiger partial charge on any atom is 0.222 e. The maximum atomic E-state index is 11.9. The molecule has 22 heavy (non-hydrogen) atoms. The average molecular weight is 299 g/mol. The van der Waals surface area contributed by atoms with Crippen LogP contribution in [0, 0.1) is 0 Å². The third-order valence-corrected chi connectivity index (χ3v) is 3.28. The first-order valence-corrected chi connectivity index (χ1v) is 7.35. The molecule has 0 heterocycles. The molecule has 2 aromatic carbocycles. The Bertz CT molecular complexity index is 557. The Labute approximate surface area is 130 Å². The molecular weight excluding hydrogens is 278 g/mol. The van der Waals surface area contributed by atoms with E-state index in [-0.39, 0.29) is 18.9 Å². The lowest BCUT2D eigenvalue weighted by Gasteiger charge is -2.15. The predicted octanol–water partition coefficient (Wildman–Crippen LogP) is 2.27. The van der Waals surface area contributed by atoms with Gasteiger partial charge in [0.2, 0.25) is 5.91 Å². The number of nitrogens with one attached hydrogen (secondary N) is 1. The monoisotopic (exact) mass is 299 g/mol. The molecule has 2 rings (SSSR count). The fourth-order valence-electron chi connectivity index (χ4n) is 2.04.